The molecule has 2 amide bonds. The smallest absolute Gasteiger partial charge is 0.255 e. The fraction of sp³-hybridized carbons (Fsp3) is 0.0769. The summed E-state index contributed by atoms with van der Waals surface area (Å²) >= 11 is 4.36. The van der Waals surface area contributed by atoms with Gasteiger partial charge in [-0.25, -0.2) is 0 Å². The molecule has 1 heterocycles. The fourth-order valence-electron chi connectivity index (χ4n) is 2.22. The molecule has 1 aliphatic rings. The number of nitrogens with two attached hydrogens (primary N) is 3. The van der Waals surface area contributed by atoms with E-state index < -0.39 is 22.9 Å². The Kier molecular flexibility index (Phi) is 3.89. The van der Waals surface area contributed by atoms with E-state index in [0.717, 1.165) is 10.5 Å². The van der Waals surface area contributed by atoms with Crippen molar-refractivity contribution < 1.29 is 9.59 Å². The summed E-state index contributed by atoms with van der Waals surface area (Å²) in [6, 6.07) is 7.00. The Balaban J connectivity index is 2.60. The molecular weight excluding hydrogens is 298 g/mol. The molecule has 7 heteroatoms. The summed E-state index contributed by atoms with van der Waals surface area (Å²) in [6.45, 7) is 1.71. The van der Waals surface area contributed by atoms with Gasteiger partial charge in [-0.3, -0.25) is 14.7 Å². The number of halogens is 1. The van der Waals surface area contributed by atoms with Gasteiger partial charge in [0.1, 0.15) is 0 Å². The van der Waals surface area contributed by atoms with Gasteiger partial charge in [-0.05, 0) is 30.2 Å². The highest BCUT2D eigenvalue weighted by Gasteiger charge is 2.33. The lowest BCUT2D eigenvalue weighted by Gasteiger charge is -2.17. The fourth-order valence-corrected chi connectivity index (χ4v) is 4.22. The highest BCUT2D eigenvalue weighted by Crippen LogP contribution is 2.53. The third-order valence-electron chi connectivity index (χ3n) is 3.05. The first-order chi connectivity index (χ1) is 9.34. The molecular formula is C13H14ClN3O2S. The molecule has 2 rings (SSSR count). The van der Waals surface area contributed by atoms with E-state index in [9.17, 15) is 9.59 Å². The van der Waals surface area contributed by atoms with Gasteiger partial charge in [0.25, 0.3) is 5.91 Å². The third kappa shape index (κ3) is 2.33. The first-order valence-electron chi connectivity index (χ1n) is 5.70. The van der Waals surface area contributed by atoms with E-state index in [2.05, 4.69) is 0 Å². The second-order valence-corrected chi connectivity index (χ2v) is 6.37. The molecule has 1 aliphatic heterocycles. The summed E-state index contributed by atoms with van der Waals surface area (Å²) in [5, 5.41) is 6.71. The van der Waals surface area contributed by atoms with Crippen LogP contribution in [0.1, 0.15) is 12.5 Å². The van der Waals surface area contributed by atoms with Crippen LogP contribution in [0.5, 0.6) is 0 Å². The van der Waals surface area contributed by atoms with Gasteiger partial charge in [0, 0.05) is 9.93 Å². The Labute approximate surface area is 123 Å². The van der Waals surface area contributed by atoms with Crippen LogP contribution >= 0.6 is 22.7 Å². The SMILES string of the molecule is CC1=C(c2ccc(Cl)cc2)[SH](N)C(C(N)=O)=C1C(N)=O. The number of benzene rings is 1. The molecule has 20 heavy (non-hydrogen) atoms. The third-order valence-corrected chi connectivity index (χ3v) is 5.30. The highest BCUT2D eigenvalue weighted by molar-refractivity contribution is 8.27. The number of carbonyl (C=O) groups excluding carboxylic acids is 2. The number of carbonyl (C=O) groups is 2. The molecule has 1 aromatic carbocycles. The largest absolute Gasteiger partial charge is 0.366 e. The van der Waals surface area contributed by atoms with Crippen molar-refractivity contribution >= 4 is 39.4 Å². The molecule has 6 N–H and O–H groups in total. The van der Waals surface area contributed by atoms with Gasteiger partial charge in [-0.15, -0.1) is 11.1 Å². The van der Waals surface area contributed by atoms with E-state index in [1.807, 2.05) is 0 Å². The van der Waals surface area contributed by atoms with Crippen molar-refractivity contribution in [2.24, 2.45) is 16.6 Å². The molecule has 1 aromatic rings. The predicted octanol–water partition coefficient (Wildman–Crippen LogP) is 1.18. The zero-order valence-electron chi connectivity index (χ0n) is 10.7. The van der Waals surface area contributed by atoms with E-state index in [1.165, 1.54) is 0 Å². The van der Waals surface area contributed by atoms with Crippen molar-refractivity contribution in [3.05, 3.63) is 50.9 Å². The maximum absolute atomic E-state index is 11.6. The van der Waals surface area contributed by atoms with Gasteiger partial charge < -0.3 is 11.5 Å². The Bertz CT molecular complexity index is 665. The van der Waals surface area contributed by atoms with Crippen molar-refractivity contribution in [2.45, 2.75) is 6.92 Å². The lowest BCUT2D eigenvalue weighted by Crippen LogP contribution is -2.22. The average Bonchev–Trinajstić information content (AvgIpc) is 2.62. The maximum Gasteiger partial charge on any atom is 0.255 e. The number of primary amides is 2. The number of amides is 2. The van der Waals surface area contributed by atoms with Crippen LogP contribution in [-0.4, -0.2) is 11.8 Å². The molecule has 0 fully saturated rings. The summed E-state index contributed by atoms with van der Waals surface area (Å²) in [6.07, 6.45) is 0. The lowest BCUT2D eigenvalue weighted by atomic mass is 10.0. The van der Waals surface area contributed by atoms with Crippen LogP contribution in [0.4, 0.5) is 0 Å². The molecule has 0 saturated heterocycles. The standard InChI is InChI=1S/C13H14ClN3O2S/c1-6-9(12(15)18)11(13(16)19)20(17)10(6)7-2-4-8(14)5-3-7/h2-5,20H,17H2,1H3,(H2,15,18)(H2,16,19). The minimum absolute atomic E-state index is 0.120. The Morgan fingerprint density at radius 2 is 1.65 bits per heavy atom. The number of hydrogen-bond donors (Lipinski definition) is 4. The monoisotopic (exact) mass is 311 g/mol. The molecule has 0 radical (unpaired) electrons. The topological polar surface area (TPSA) is 112 Å². The molecule has 5 nitrogen and oxygen atoms in total. The quantitative estimate of drug-likeness (QED) is 0.629. The van der Waals surface area contributed by atoms with Crippen molar-refractivity contribution in [1.29, 1.82) is 0 Å². The Hall–Kier alpha value is -1.76. The summed E-state index contributed by atoms with van der Waals surface area (Å²) in [7, 11) is 0. The number of rotatable bonds is 3. The van der Waals surface area contributed by atoms with Crippen molar-refractivity contribution in [3.8, 4) is 0 Å². The van der Waals surface area contributed by atoms with E-state index >= 15 is 0 Å². The Morgan fingerprint density at radius 3 is 2.05 bits per heavy atom. The predicted molar refractivity (Wildman–Crippen MR) is 82.6 cm³/mol. The van der Waals surface area contributed by atoms with Gasteiger partial charge in [0.05, 0.1) is 10.5 Å². The van der Waals surface area contributed by atoms with Crippen molar-refractivity contribution in [3.63, 3.8) is 0 Å². The van der Waals surface area contributed by atoms with Gasteiger partial charge in [-0.1, -0.05) is 23.7 Å². The van der Waals surface area contributed by atoms with E-state index in [0.29, 0.717) is 10.6 Å². The van der Waals surface area contributed by atoms with Gasteiger partial charge in [-0.2, -0.15) is 0 Å². The van der Waals surface area contributed by atoms with E-state index in [-0.39, 0.29) is 10.5 Å². The summed E-state index contributed by atoms with van der Waals surface area (Å²) in [5.41, 5.74) is 12.2. The molecule has 1 unspecified atom stereocenters. The minimum Gasteiger partial charge on any atom is -0.366 e. The summed E-state index contributed by atoms with van der Waals surface area (Å²) in [5.74, 6) is -1.41. The van der Waals surface area contributed by atoms with Crippen molar-refractivity contribution in [2.75, 3.05) is 0 Å². The zero-order valence-corrected chi connectivity index (χ0v) is 12.3. The molecule has 0 bridgehead atoms. The first-order valence-corrected chi connectivity index (χ1v) is 7.49. The van der Waals surface area contributed by atoms with Crippen LogP contribution in [-0.2, 0) is 9.59 Å². The first kappa shape index (κ1) is 14.6. The lowest BCUT2D eigenvalue weighted by molar-refractivity contribution is -0.116. The molecule has 106 valence electrons. The van der Waals surface area contributed by atoms with Crippen LogP contribution in [0.25, 0.3) is 4.91 Å². The van der Waals surface area contributed by atoms with Crippen LogP contribution in [0.2, 0.25) is 5.02 Å². The van der Waals surface area contributed by atoms with Gasteiger partial charge in [0.2, 0.25) is 5.91 Å². The van der Waals surface area contributed by atoms with Gasteiger partial charge >= 0.3 is 0 Å². The second kappa shape index (κ2) is 5.32. The molecule has 0 saturated carbocycles. The molecule has 0 aliphatic carbocycles. The molecule has 1 atom stereocenters. The minimum atomic E-state index is -1.49. The number of hydrogen-bond acceptors (Lipinski definition) is 3. The Morgan fingerprint density at radius 1 is 1.10 bits per heavy atom. The van der Waals surface area contributed by atoms with E-state index in [4.69, 9.17) is 28.2 Å². The average molecular weight is 312 g/mol. The summed E-state index contributed by atoms with van der Waals surface area (Å²) in [4.78, 5) is 23.9. The van der Waals surface area contributed by atoms with Crippen LogP contribution in [0, 0.1) is 0 Å². The van der Waals surface area contributed by atoms with Gasteiger partial charge in [0.15, 0.2) is 0 Å². The highest BCUT2D eigenvalue weighted by atomic mass is 35.5. The van der Waals surface area contributed by atoms with Crippen LogP contribution in [0.15, 0.2) is 40.3 Å². The van der Waals surface area contributed by atoms with E-state index in [1.54, 1.807) is 31.2 Å². The molecule has 0 aromatic heterocycles. The zero-order chi connectivity index (χ0) is 15.0. The van der Waals surface area contributed by atoms with Crippen molar-refractivity contribution in [1.82, 2.24) is 0 Å². The molecule has 0 spiro atoms. The maximum atomic E-state index is 11.6. The summed E-state index contributed by atoms with van der Waals surface area (Å²) < 4.78 is 0. The number of thiol groups is 1. The normalized spacial score (nSPS) is 20.4. The second-order valence-electron chi connectivity index (χ2n) is 4.30. The van der Waals surface area contributed by atoms with Crippen LogP contribution in [0.3, 0.4) is 0 Å². The van der Waals surface area contributed by atoms with Crippen LogP contribution < -0.4 is 16.6 Å².